The Labute approximate surface area is 137 Å². The van der Waals surface area contributed by atoms with Crippen molar-refractivity contribution in [1.29, 1.82) is 0 Å². The van der Waals surface area contributed by atoms with Crippen molar-refractivity contribution in [2.45, 2.75) is 5.92 Å². The number of carboxylic acid groups (broad SMARTS) is 1. The molecule has 24 heavy (non-hydrogen) atoms. The summed E-state index contributed by atoms with van der Waals surface area (Å²) in [6, 6.07) is 0.959. The highest BCUT2D eigenvalue weighted by Crippen LogP contribution is 2.43. The number of nitrogens with one attached hydrogen (secondary N) is 2. The predicted octanol–water partition coefficient (Wildman–Crippen LogP) is 1.01. The van der Waals surface area contributed by atoms with Crippen LogP contribution in [0.15, 0.2) is 18.3 Å². The molecule has 3 N–H and O–H groups in total. The topological polar surface area (TPSA) is 87.7 Å². The lowest BCUT2D eigenvalue weighted by Crippen LogP contribution is -2.51. The molecule has 2 unspecified atom stereocenters. The Morgan fingerprint density at radius 2 is 2.12 bits per heavy atom. The summed E-state index contributed by atoms with van der Waals surface area (Å²) in [4.78, 5) is 12.9. The number of nitrogens with zero attached hydrogens (tertiary/aromatic N) is 2. The van der Waals surface area contributed by atoms with E-state index in [0.29, 0.717) is 26.2 Å². The summed E-state index contributed by atoms with van der Waals surface area (Å²) < 4.78 is 28.3. The number of hydrogen-bond acceptors (Lipinski definition) is 5. The first kappa shape index (κ1) is 16.8. The highest BCUT2D eigenvalue weighted by Gasteiger charge is 2.39. The minimum absolute atomic E-state index is 0.178. The Balaban J connectivity index is 2.21. The van der Waals surface area contributed by atoms with Crippen LogP contribution in [0.3, 0.4) is 0 Å². The van der Waals surface area contributed by atoms with Crippen LogP contribution in [-0.4, -0.2) is 44.3 Å². The minimum atomic E-state index is -1.38. The van der Waals surface area contributed by atoms with Gasteiger partial charge in [0.15, 0.2) is 5.69 Å². The number of carboxylic acids is 1. The molecule has 0 aromatic heterocycles. The Morgan fingerprint density at radius 3 is 2.71 bits per heavy atom. The molecular formula is C15H18F2N4O3. The quantitative estimate of drug-likeness (QED) is 0.562. The number of fused-ring (bicyclic) bond motifs is 1. The van der Waals surface area contributed by atoms with Gasteiger partial charge in [0.2, 0.25) is 5.82 Å². The molecule has 0 spiro atoms. The molecule has 2 atom stereocenters. The molecule has 0 aliphatic carbocycles. The van der Waals surface area contributed by atoms with Crippen molar-refractivity contribution in [3.8, 4) is 0 Å². The molecule has 0 bridgehead atoms. The molecular weight excluding hydrogens is 322 g/mol. The Kier molecular flexibility index (Phi) is 4.26. The van der Waals surface area contributed by atoms with Gasteiger partial charge in [0, 0.05) is 38.8 Å². The molecule has 2 aliphatic heterocycles. The second-order valence-electron chi connectivity index (χ2n) is 5.73. The van der Waals surface area contributed by atoms with Gasteiger partial charge in [-0.25, -0.2) is 9.15 Å². The molecule has 2 heterocycles. The second-order valence-corrected chi connectivity index (χ2v) is 5.73. The van der Waals surface area contributed by atoms with Gasteiger partial charge in [0.05, 0.1) is 0 Å². The Bertz CT molecular complexity index is 706. The van der Waals surface area contributed by atoms with Crippen molar-refractivity contribution in [2.24, 2.45) is 0 Å². The lowest BCUT2D eigenvalue weighted by Gasteiger charge is -2.41. The fourth-order valence-corrected chi connectivity index (χ4v) is 3.16. The maximum Gasteiger partial charge on any atom is 0.315 e. The molecule has 1 saturated heterocycles. The Hall–Kier alpha value is -2.07. The number of hydrogen-bond donors (Lipinski definition) is 3. The van der Waals surface area contributed by atoms with E-state index < -0.39 is 34.0 Å². The van der Waals surface area contributed by atoms with Crippen LogP contribution in [0.25, 0.3) is 0 Å². The largest absolute Gasteiger partial charge is 0.602 e. The zero-order valence-corrected chi connectivity index (χ0v) is 13.1. The number of hydroxylamine groups is 1. The van der Waals surface area contributed by atoms with Crippen molar-refractivity contribution in [1.82, 2.24) is 15.5 Å². The first-order valence-corrected chi connectivity index (χ1v) is 7.58. The van der Waals surface area contributed by atoms with E-state index in [1.165, 1.54) is 11.9 Å². The molecule has 0 radical (unpaired) electrons. The number of quaternary nitrogens is 1. The lowest BCUT2D eigenvalue weighted by atomic mass is 9.93. The van der Waals surface area contributed by atoms with Crippen molar-refractivity contribution >= 4 is 17.3 Å². The summed E-state index contributed by atoms with van der Waals surface area (Å²) in [5, 5.41) is 25.2. The molecule has 7 nitrogen and oxygen atoms in total. The number of anilines is 1. The standard InChI is InChI=1S/C15H18F2N4O3/c1-18-21(24)7-2-9(15(22)23)10-8-11(16)13(12(17)14(10)21)20-5-3-19-4-6-20/h2,7-9,18-19H,3-6H2,1H3,(H,22,23). The fourth-order valence-electron chi connectivity index (χ4n) is 3.16. The molecule has 3 rings (SSSR count). The van der Waals surface area contributed by atoms with Crippen LogP contribution in [0.1, 0.15) is 11.5 Å². The molecule has 0 saturated carbocycles. The molecule has 2 aliphatic rings. The van der Waals surface area contributed by atoms with Gasteiger partial charge < -0.3 is 20.5 Å². The normalized spacial score (nSPS) is 26.3. The van der Waals surface area contributed by atoms with Crippen molar-refractivity contribution in [3.05, 3.63) is 40.7 Å². The highest BCUT2D eigenvalue weighted by atomic mass is 19.1. The third-order valence-electron chi connectivity index (χ3n) is 4.38. The van der Waals surface area contributed by atoms with Gasteiger partial charge in [0.1, 0.15) is 23.6 Å². The predicted molar refractivity (Wildman–Crippen MR) is 85.2 cm³/mol. The Morgan fingerprint density at radius 1 is 1.46 bits per heavy atom. The molecule has 1 fully saturated rings. The fraction of sp³-hybridized carbons (Fsp3) is 0.400. The van der Waals surface area contributed by atoms with E-state index in [1.807, 2.05) is 0 Å². The van der Waals surface area contributed by atoms with E-state index >= 15 is 4.39 Å². The van der Waals surface area contributed by atoms with E-state index in [-0.39, 0.29) is 11.3 Å². The highest BCUT2D eigenvalue weighted by molar-refractivity contribution is 5.84. The van der Waals surface area contributed by atoms with Gasteiger partial charge in [-0.3, -0.25) is 4.79 Å². The van der Waals surface area contributed by atoms with Crippen LogP contribution in [-0.2, 0) is 4.79 Å². The average molecular weight is 340 g/mol. The summed E-state index contributed by atoms with van der Waals surface area (Å²) in [5.41, 5.74) is 1.51. The average Bonchev–Trinajstić information content (AvgIpc) is 2.55. The number of halogens is 2. The maximum absolute atomic E-state index is 15.1. The zero-order chi connectivity index (χ0) is 17.5. The lowest BCUT2D eigenvalue weighted by molar-refractivity contribution is -0.137. The van der Waals surface area contributed by atoms with Gasteiger partial charge in [-0.05, 0) is 12.1 Å². The van der Waals surface area contributed by atoms with Crippen LogP contribution in [0.5, 0.6) is 0 Å². The number of aliphatic carboxylic acids is 1. The number of benzene rings is 1. The molecule has 130 valence electrons. The first-order chi connectivity index (χ1) is 11.4. The monoisotopic (exact) mass is 340 g/mol. The maximum atomic E-state index is 15.1. The molecule has 9 heteroatoms. The third-order valence-corrected chi connectivity index (χ3v) is 4.38. The van der Waals surface area contributed by atoms with Gasteiger partial charge in [-0.2, -0.15) is 9.82 Å². The van der Waals surface area contributed by atoms with Crippen molar-refractivity contribution in [2.75, 3.05) is 38.1 Å². The summed E-state index contributed by atoms with van der Waals surface area (Å²) in [6.07, 6.45) is 2.15. The summed E-state index contributed by atoms with van der Waals surface area (Å²) in [7, 11) is 1.33. The van der Waals surface area contributed by atoms with Crippen molar-refractivity contribution < 1.29 is 18.7 Å². The van der Waals surface area contributed by atoms with E-state index in [1.54, 1.807) is 0 Å². The van der Waals surface area contributed by atoms with Crippen LogP contribution in [0.4, 0.5) is 20.2 Å². The molecule has 1 aromatic rings. The van der Waals surface area contributed by atoms with E-state index in [2.05, 4.69) is 10.7 Å². The van der Waals surface area contributed by atoms with E-state index in [9.17, 15) is 19.5 Å². The van der Waals surface area contributed by atoms with Crippen LogP contribution in [0, 0.1) is 16.8 Å². The third kappa shape index (κ3) is 2.55. The smallest absolute Gasteiger partial charge is 0.315 e. The molecule has 1 aromatic carbocycles. The van der Waals surface area contributed by atoms with E-state index in [4.69, 9.17) is 0 Å². The van der Waals surface area contributed by atoms with Gasteiger partial charge >= 0.3 is 5.97 Å². The zero-order valence-electron chi connectivity index (χ0n) is 13.1. The van der Waals surface area contributed by atoms with Crippen molar-refractivity contribution in [3.63, 3.8) is 0 Å². The summed E-state index contributed by atoms with van der Waals surface area (Å²) in [6.45, 7) is 1.92. The van der Waals surface area contributed by atoms with Crippen LogP contribution >= 0.6 is 0 Å². The molecule has 0 amide bonds. The first-order valence-electron chi connectivity index (χ1n) is 7.58. The van der Waals surface area contributed by atoms with Gasteiger partial charge in [-0.1, -0.05) is 0 Å². The summed E-state index contributed by atoms with van der Waals surface area (Å²) >= 11 is 0. The van der Waals surface area contributed by atoms with Crippen LogP contribution < -0.4 is 20.4 Å². The van der Waals surface area contributed by atoms with E-state index in [0.717, 1.165) is 18.3 Å². The van der Waals surface area contributed by atoms with Crippen LogP contribution in [0.2, 0.25) is 0 Å². The van der Waals surface area contributed by atoms with Gasteiger partial charge in [-0.15, -0.1) is 0 Å². The van der Waals surface area contributed by atoms with Gasteiger partial charge in [0.25, 0.3) is 0 Å². The number of carbonyl (C=O) groups is 1. The number of rotatable bonds is 3. The minimum Gasteiger partial charge on any atom is -0.602 e. The summed E-state index contributed by atoms with van der Waals surface area (Å²) in [5.74, 6) is -4.43. The SMILES string of the molecule is CN[N+]1([O-])C=CC(C(=O)O)c2cc(F)c(N3CCNCC3)c(F)c21. The number of piperazine rings is 1. The second kappa shape index (κ2) is 6.10.